The van der Waals surface area contributed by atoms with E-state index in [2.05, 4.69) is 15.9 Å². The molecule has 5 nitrogen and oxygen atoms in total. The van der Waals surface area contributed by atoms with E-state index in [1.165, 1.54) is 6.26 Å². The molecule has 2 aliphatic rings. The molecule has 0 radical (unpaired) electrons. The number of amides is 1. The fraction of sp³-hybridized carbons (Fsp3) is 0.615. The van der Waals surface area contributed by atoms with E-state index in [1.54, 1.807) is 6.07 Å². The van der Waals surface area contributed by atoms with Crippen molar-refractivity contribution in [2.24, 2.45) is 5.92 Å². The lowest BCUT2D eigenvalue weighted by Gasteiger charge is -2.34. The van der Waals surface area contributed by atoms with E-state index in [0.717, 1.165) is 19.4 Å². The fourth-order valence-electron chi connectivity index (χ4n) is 2.67. The molecule has 0 aromatic carbocycles. The lowest BCUT2D eigenvalue weighted by molar-refractivity contribution is -0.0969. The van der Waals surface area contributed by atoms with Gasteiger partial charge in [-0.2, -0.15) is 0 Å². The zero-order valence-electron chi connectivity index (χ0n) is 10.5. The molecular weight excluding hydrogens is 314 g/mol. The summed E-state index contributed by atoms with van der Waals surface area (Å²) in [6, 6.07) is 1.70. The molecule has 1 aromatic heterocycles. The number of ether oxygens (including phenoxy) is 2. The topological polar surface area (TPSA) is 51.9 Å². The Balaban J connectivity index is 1.65. The van der Waals surface area contributed by atoms with Gasteiger partial charge in [0.15, 0.2) is 11.0 Å². The average Bonchev–Trinajstić information content (AvgIpc) is 3.09. The van der Waals surface area contributed by atoms with E-state index in [9.17, 15) is 4.79 Å². The van der Waals surface area contributed by atoms with Crippen LogP contribution in [0.3, 0.4) is 0 Å². The van der Waals surface area contributed by atoms with Crippen molar-refractivity contribution in [2.45, 2.75) is 19.1 Å². The number of hydrogen-bond acceptors (Lipinski definition) is 4. The predicted molar refractivity (Wildman–Crippen MR) is 70.7 cm³/mol. The van der Waals surface area contributed by atoms with Crippen LogP contribution in [-0.4, -0.2) is 43.4 Å². The van der Waals surface area contributed by atoms with Crippen LogP contribution in [0.5, 0.6) is 0 Å². The van der Waals surface area contributed by atoms with Crippen molar-refractivity contribution in [3.63, 3.8) is 0 Å². The van der Waals surface area contributed by atoms with Crippen LogP contribution in [0.15, 0.2) is 21.4 Å². The summed E-state index contributed by atoms with van der Waals surface area (Å²) < 4.78 is 16.8. The first-order valence-electron chi connectivity index (χ1n) is 6.50. The molecule has 2 fully saturated rings. The molecule has 104 valence electrons. The first-order chi connectivity index (χ1) is 9.24. The fourth-order valence-corrected chi connectivity index (χ4v) is 3.01. The Morgan fingerprint density at radius 3 is 2.84 bits per heavy atom. The number of hydrogen-bond donors (Lipinski definition) is 0. The van der Waals surface area contributed by atoms with Crippen molar-refractivity contribution >= 4 is 21.8 Å². The molecule has 0 spiro atoms. The van der Waals surface area contributed by atoms with E-state index < -0.39 is 0 Å². The lowest BCUT2D eigenvalue weighted by atomic mass is 9.97. The molecule has 1 atom stereocenters. The summed E-state index contributed by atoms with van der Waals surface area (Å²) in [6.07, 6.45) is 3.37. The third-order valence-electron chi connectivity index (χ3n) is 3.59. The zero-order chi connectivity index (χ0) is 13.2. The van der Waals surface area contributed by atoms with Gasteiger partial charge in [0.05, 0.1) is 18.8 Å². The van der Waals surface area contributed by atoms with Crippen LogP contribution >= 0.6 is 15.9 Å². The van der Waals surface area contributed by atoms with Gasteiger partial charge in [-0.05, 0) is 28.8 Å². The summed E-state index contributed by atoms with van der Waals surface area (Å²) in [6.45, 7) is 2.78. The van der Waals surface area contributed by atoms with Crippen molar-refractivity contribution in [2.75, 3.05) is 26.3 Å². The molecule has 3 heterocycles. The van der Waals surface area contributed by atoms with Gasteiger partial charge in [0, 0.05) is 25.1 Å². The van der Waals surface area contributed by atoms with E-state index >= 15 is 0 Å². The van der Waals surface area contributed by atoms with Gasteiger partial charge < -0.3 is 18.8 Å². The molecule has 3 rings (SSSR count). The number of furan rings is 1. The van der Waals surface area contributed by atoms with Gasteiger partial charge >= 0.3 is 0 Å². The summed E-state index contributed by atoms with van der Waals surface area (Å²) in [4.78, 5) is 14.2. The Bertz CT molecular complexity index is 455. The summed E-state index contributed by atoms with van der Waals surface area (Å²) in [5.41, 5.74) is 0.584. The number of carbonyl (C=O) groups excluding carboxylic acids is 1. The van der Waals surface area contributed by atoms with Gasteiger partial charge in [0.25, 0.3) is 5.91 Å². The first kappa shape index (κ1) is 13.1. The van der Waals surface area contributed by atoms with Crippen LogP contribution < -0.4 is 0 Å². The molecule has 19 heavy (non-hydrogen) atoms. The molecule has 0 aliphatic carbocycles. The van der Waals surface area contributed by atoms with E-state index in [4.69, 9.17) is 13.9 Å². The van der Waals surface area contributed by atoms with E-state index in [0.29, 0.717) is 30.0 Å². The van der Waals surface area contributed by atoms with E-state index in [-0.39, 0.29) is 18.1 Å². The highest BCUT2D eigenvalue weighted by Gasteiger charge is 2.33. The first-order valence-corrected chi connectivity index (χ1v) is 7.30. The summed E-state index contributed by atoms with van der Waals surface area (Å²) in [5.74, 6) is 0.285. The van der Waals surface area contributed by atoms with Gasteiger partial charge in [-0.15, -0.1) is 0 Å². The molecule has 0 N–H and O–H groups in total. The number of rotatable bonds is 2. The Morgan fingerprint density at radius 1 is 1.37 bits per heavy atom. The van der Waals surface area contributed by atoms with Gasteiger partial charge in [-0.3, -0.25) is 4.79 Å². The minimum atomic E-state index is -0.147. The third kappa shape index (κ3) is 2.85. The van der Waals surface area contributed by atoms with Gasteiger partial charge in [-0.25, -0.2) is 0 Å². The third-order valence-corrected chi connectivity index (χ3v) is 4.01. The Kier molecular flexibility index (Phi) is 3.91. The normalized spacial score (nSPS) is 24.9. The minimum absolute atomic E-state index is 0.0112. The molecule has 1 unspecified atom stereocenters. The largest absolute Gasteiger partial charge is 0.457 e. The van der Waals surface area contributed by atoms with Crippen LogP contribution in [-0.2, 0) is 9.47 Å². The van der Waals surface area contributed by atoms with Gasteiger partial charge in [-0.1, -0.05) is 0 Å². The van der Waals surface area contributed by atoms with Gasteiger partial charge in [0.2, 0.25) is 0 Å². The highest BCUT2D eigenvalue weighted by atomic mass is 79.9. The van der Waals surface area contributed by atoms with Crippen LogP contribution in [0.4, 0.5) is 0 Å². The minimum Gasteiger partial charge on any atom is -0.457 e. The molecule has 0 bridgehead atoms. The smallest absolute Gasteiger partial charge is 0.257 e. The van der Waals surface area contributed by atoms with Crippen molar-refractivity contribution in [1.29, 1.82) is 0 Å². The van der Waals surface area contributed by atoms with Crippen LogP contribution in [0.1, 0.15) is 23.2 Å². The highest BCUT2D eigenvalue weighted by molar-refractivity contribution is 9.10. The molecule has 0 saturated carbocycles. The SMILES string of the molecule is O=C(c1coc(Br)c1)N1CCCC(C2OCCO2)C1. The van der Waals surface area contributed by atoms with Gasteiger partial charge in [0.1, 0.15) is 6.26 Å². The summed E-state index contributed by atoms with van der Waals surface area (Å²) in [7, 11) is 0. The number of carbonyl (C=O) groups is 1. The Morgan fingerprint density at radius 2 is 2.16 bits per heavy atom. The monoisotopic (exact) mass is 329 g/mol. The maximum Gasteiger partial charge on any atom is 0.257 e. The number of nitrogens with zero attached hydrogens (tertiary/aromatic N) is 1. The number of halogens is 1. The van der Waals surface area contributed by atoms with Crippen LogP contribution in [0, 0.1) is 5.92 Å². The highest BCUT2D eigenvalue weighted by Crippen LogP contribution is 2.26. The molecule has 1 amide bonds. The van der Waals surface area contributed by atoms with Crippen LogP contribution in [0.2, 0.25) is 0 Å². The molecule has 1 aromatic rings. The Hall–Kier alpha value is -0.850. The predicted octanol–water partition coefficient (Wildman–Crippen LogP) is 2.27. The number of piperidine rings is 1. The standard InChI is InChI=1S/C13H16BrNO4/c14-11-6-10(8-19-11)12(16)15-3-1-2-9(7-15)13-17-4-5-18-13/h6,8-9,13H,1-5,7H2. The van der Waals surface area contributed by atoms with Crippen molar-refractivity contribution in [3.8, 4) is 0 Å². The second kappa shape index (κ2) is 5.64. The number of likely N-dealkylation sites (tertiary alicyclic amines) is 1. The van der Waals surface area contributed by atoms with Crippen molar-refractivity contribution < 1.29 is 18.7 Å². The quantitative estimate of drug-likeness (QED) is 0.835. The summed E-state index contributed by atoms with van der Waals surface area (Å²) in [5, 5.41) is 0. The van der Waals surface area contributed by atoms with Crippen molar-refractivity contribution in [3.05, 3.63) is 22.6 Å². The molecule has 6 heteroatoms. The molecule has 2 aliphatic heterocycles. The molecular formula is C13H16BrNO4. The zero-order valence-corrected chi connectivity index (χ0v) is 12.1. The maximum atomic E-state index is 12.3. The second-order valence-corrected chi connectivity index (χ2v) is 5.68. The Labute approximate surface area is 120 Å². The lowest BCUT2D eigenvalue weighted by Crippen LogP contribution is -2.43. The van der Waals surface area contributed by atoms with E-state index in [1.807, 2.05) is 4.90 Å². The van der Waals surface area contributed by atoms with Crippen molar-refractivity contribution in [1.82, 2.24) is 4.90 Å². The molecule has 2 saturated heterocycles. The van der Waals surface area contributed by atoms with Crippen LogP contribution in [0.25, 0.3) is 0 Å². The summed E-state index contributed by atoms with van der Waals surface area (Å²) >= 11 is 3.21. The maximum absolute atomic E-state index is 12.3. The average molecular weight is 330 g/mol. The second-order valence-electron chi connectivity index (χ2n) is 4.90.